The maximum Gasteiger partial charge on any atom is 0.321 e. The molecule has 182 valence electrons. The third kappa shape index (κ3) is 4.96. The number of tetrazole rings is 1. The van der Waals surface area contributed by atoms with Gasteiger partial charge in [-0.15, -0.1) is 10.2 Å². The largest absolute Gasteiger partial charge is 0.495 e. The van der Waals surface area contributed by atoms with Gasteiger partial charge in [-0.05, 0) is 42.0 Å². The number of para-hydroxylation sites is 2. The highest BCUT2D eigenvalue weighted by atomic mass is 16.5. The van der Waals surface area contributed by atoms with Gasteiger partial charge < -0.3 is 19.9 Å². The third-order valence-corrected chi connectivity index (χ3v) is 7.01. The summed E-state index contributed by atoms with van der Waals surface area (Å²) in [5, 5.41) is 15.4. The molecule has 1 aromatic heterocycles. The Kier molecular flexibility index (Phi) is 6.35. The number of methoxy groups -OCH3 is 1. The number of nitrogens with one attached hydrogen (secondary N) is 1. The summed E-state index contributed by atoms with van der Waals surface area (Å²) in [6, 6.07) is 16.8. The number of piperidine rings is 1. The Morgan fingerprint density at radius 2 is 1.66 bits per heavy atom. The molecule has 35 heavy (non-hydrogen) atoms. The average molecular weight is 476 g/mol. The maximum absolute atomic E-state index is 12.9. The highest BCUT2D eigenvalue weighted by Crippen LogP contribution is 2.40. The summed E-state index contributed by atoms with van der Waals surface area (Å²) in [6.07, 6.45) is 2.69. The van der Waals surface area contributed by atoms with E-state index in [-0.39, 0.29) is 23.9 Å². The SMILES string of the molecule is COc1ccccc1NC(=O)N1CCC2(CCN(C(=O)Cn3nnc(-c4ccccc4)n3)C2)CC1. The zero-order chi connectivity index (χ0) is 24.3. The minimum atomic E-state index is -0.123. The fourth-order valence-corrected chi connectivity index (χ4v) is 4.92. The predicted molar refractivity (Wildman–Crippen MR) is 130 cm³/mol. The van der Waals surface area contributed by atoms with Gasteiger partial charge in [0.05, 0.1) is 12.8 Å². The number of nitrogens with zero attached hydrogens (tertiary/aromatic N) is 6. The van der Waals surface area contributed by atoms with Crippen LogP contribution in [0.5, 0.6) is 5.75 Å². The first kappa shape index (κ1) is 22.8. The maximum atomic E-state index is 12.9. The fourth-order valence-electron chi connectivity index (χ4n) is 4.92. The Hall–Kier alpha value is -3.95. The molecule has 2 saturated heterocycles. The van der Waals surface area contributed by atoms with Crippen LogP contribution in [-0.4, -0.2) is 75.2 Å². The molecule has 10 nitrogen and oxygen atoms in total. The molecular weight excluding hydrogens is 446 g/mol. The molecule has 3 aromatic rings. The van der Waals surface area contributed by atoms with E-state index in [1.54, 1.807) is 7.11 Å². The summed E-state index contributed by atoms with van der Waals surface area (Å²) in [5.74, 6) is 1.14. The van der Waals surface area contributed by atoms with E-state index in [1.807, 2.05) is 64.4 Å². The van der Waals surface area contributed by atoms with Crippen molar-refractivity contribution in [2.45, 2.75) is 25.8 Å². The van der Waals surface area contributed by atoms with Crippen LogP contribution in [-0.2, 0) is 11.3 Å². The van der Waals surface area contributed by atoms with E-state index in [0.717, 1.165) is 24.8 Å². The lowest BCUT2D eigenvalue weighted by atomic mass is 9.78. The van der Waals surface area contributed by atoms with Crippen LogP contribution in [0.25, 0.3) is 11.4 Å². The Balaban J connectivity index is 1.13. The minimum Gasteiger partial charge on any atom is -0.495 e. The molecule has 10 heteroatoms. The number of urea groups is 1. The normalized spacial score (nSPS) is 16.9. The second-order valence-corrected chi connectivity index (χ2v) is 9.19. The van der Waals surface area contributed by atoms with Crippen molar-refractivity contribution in [1.82, 2.24) is 30.0 Å². The first-order valence-corrected chi connectivity index (χ1v) is 11.9. The van der Waals surface area contributed by atoms with Gasteiger partial charge in [-0.3, -0.25) is 4.79 Å². The number of hydrogen-bond acceptors (Lipinski definition) is 6. The lowest BCUT2D eigenvalue weighted by molar-refractivity contribution is -0.131. The first-order valence-electron chi connectivity index (χ1n) is 11.9. The number of carbonyl (C=O) groups excluding carboxylic acids is 2. The lowest BCUT2D eigenvalue weighted by Crippen LogP contribution is -2.46. The monoisotopic (exact) mass is 475 g/mol. The lowest BCUT2D eigenvalue weighted by Gasteiger charge is -2.39. The van der Waals surface area contributed by atoms with Crippen molar-refractivity contribution >= 4 is 17.6 Å². The quantitative estimate of drug-likeness (QED) is 0.608. The van der Waals surface area contributed by atoms with E-state index < -0.39 is 0 Å². The average Bonchev–Trinajstić information content (AvgIpc) is 3.53. The van der Waals surface area contributed by atoms with Crippen LogP contribution in [0.3, 0.4) is 0 Å². The molecule has 0 bridgehead atoms. The van der Waals surface area contributed by atoms with Gasteiger partial charge in [-0.1, -0.05) is 42.5 Å². The van der Waals surface area contributed by atoms with Gasteiger partial charge in [0.1, 0.15) is 12.3 Å². The second kappa shape index (κ2) is 9.73. The summed E-state index contributed by atoms with van der Waals surface area (Å²) >= 11 is 0. The molecular formula is C25H29N7O3. The second-order valence-electron chi connectivity index (χ2n) is 9.19. The van der Waals surface area contributed by atoms with Crippen molar-refractivity contribution in [2.75, 3.05) is 38.6 Å². The van der Waals surface area contributed by atoms with Crippen LogP contribution in [0.4, 0.5) is 10.5 Å². The number of ether oxygens (including phenoxy) is 1. The number of likely N-dealkylation sites (tertiary alicyclic amines) is 2. The van der Waals surface area contributed by atoms with Gasteiger partial charge in [0.2, 0.25) is 11.7 Å². The Morgan fingerprint density at radius 1 is 0.971 bits per heavy atom. The van der Waals surface area contributed by atoms with E-state index in [2.05, 4.69) is 20.7 Å². The number of amides is 3. The van der Waals surface area contributed by atoms with Crippen molar-refractivity contribution in [1.29, 1.82) is 0 Å². The molecule has 0 radical (unpaired) electrons. The standard InChI is InChI=1S/C25H29N7O3/c1-35-21-10-6-5-9-20(21)26-24(34)30-14-11-25(12-15-30)13-16-31(18-25)22(33)17-32-28-23(27-29-32)19-7-3-2-4-8-19/h2-10H,11-18H2,1H3,(H,26,34). The first-order chi connectivity index (χ1) is 17.0. The van der Waals surface area contributed by atoms with Crippen molar-refractivity contribution in [3.8, 4) is 17.1 Å². The zero-order valence-corrected chi connectivity index (χ0v) is 19.8. The zero-order valence-electron chi connectivity index (χ0n) is 19.8. The van der Waals surface area contributed by atoms with Crippen molar-refractivity contribution < 1.29 is 14.3 Å². The molecule has 2 aliphatic heterocycles. The molecule has 1 N–H and O–H groups in total. The van der Waals surface area contributed by atoms with Gasteiger partial charge in [0.15, 0.2) is 0 Å². The van der Waals surface area contributed by atoms with E-state index in [9.17, 15) is 9.59 Å². The number of hydrogen-bond donors (Lipinski definition) is 1. The Bertz CT molecular complexity index is 1190. The summed E-state index contributed by atoms with van der Waals surface area (Å²) in [4.78, 5) is 30.8. The van der Waals surface area contributed by atoms with Gasteiger partial charge in [-0.2, -0.15) is 4.80 Å². The summed E-state index contributed by atoms with van der Waals surface area (Å²) in [5.41, 5.74) is 1.59. The number of carbonyl (C=O) groups is 2. The fraction of sp³-hybridized carbons (Fsp3) is 0.400. The van der Waals surface area contributed by atoms with Crippen LogP contribution in [0, 0.1) is 5.41 Å². The molecule has 1 spiro atoms. The molecule has 5 rings (SSSR count). The van der Waals surface area contributed by atoms with E-state index >= 15 is 0 Å². The Labute approximate surface area is 203 Å². The molecule has 3 amide bonds. The predicted octanol–water partition coefficient (Wildman–Crippen LogP) is 2.90. The highest BCUT2D eigenvalue weighted by Gasteiger charge is 2.42. The molecule has 0 unspecified atom stereocenters. The van der Waals surface area contributed by atoms with Gasteiger partial charge >= 0.3 is 6.03 Å². The number of aromatic nitrogens is 4. The van der Waals surface area contributed by atoms with E-state index in [0.29, 0.717) is 43.4 Å². The van der Waals surface area contributed by atoms with Crippen LogP contribution >= 0.6 is 0 Å². The number of anilines is 1. The third-order valence-electron chi connectivity index (χ3n) is 7.01. The highest BCUT2D eigenvalue weighted by molar-refractivity contribution is 5.91. The van der Waals surface area contributed by atoms with E-state index in [4.69, 9.17) is 4.74 Å². The molecule has 3 heterocycles. The molecule has 2 aromatic carbocycles. The molecule has 0 atom stereocenters. The molecule has 2 fully saturated rings. The summed E-state index contributed by atoms with van der Waals surface area (Å²) in [6.45, 7) is 2.81. The van der Waals surface area contributed by atoms with Crippen LogP contribution < -0.4 is 10.1 Å². The minimum absolute atomic E-state index is 0.00441. The Morgan fingerprint density at radius 3 is 2.40 bits per heavy atom. The van der Waals surface area contributed by atoms with Gasteiger partial charge in [-0.25, -0.2) is 4.79 Å². The van der Waals surface area contributed by atoms with Crippen molar-refractivity contribution in [3.05, 3.63) is 54.6 Å². The topological polar surface area (TPSA) is 105 Å². The van der Waals surface area contributed by atoms with Crippen LogP contribution in [0.1, 0.15) is 19.3 Å². The summed E-state index contributed by atoms with van der Waals surface area (Å²) < 4.78 is 5.33. The number of benzene rings is 2. The smallest absolute Gasteiger partial charge is 0.321 e. The van der Waals surface area contributed by atoms with E-state index in [1.165, 1.54) is 4.80 Å². The van der Waals surface area contributed by atoms with Crippen LogP contribution in [0.2, 0.25) is 0 Å². The van der Waals surface area contributed by atoms with Crippen molar-refractivity contribution in [3.63, 3.8) is 0 Å². The molecule has 0 aliphatic carbocycles. The summed E-state index contributed by atoms with van der Waals surface area (Å²) in [7, 11) is 1.59. The van der Waals surface area contributed by atoms with Crippen LogP contribution in [0.15, 0.2) is 54.6 Å². The number of rotatable bonds is 5. The van der Waals surface area contributed by atoms with Gasteiger partial charge in [0.25, 0.3) is 0 Å². The molecule has 0 saturated carbocycles. The van der Waals surface area contributed by atoms with Gasteiger partial charge in [0, 0.05) is 31.7 Å². The van der Waals surface area contributed by atoms with Crippen molar-refractivity contribution in [2.24, 2.45) is 5.41 Å². The molecule has 2 aliphatic rings.